The Bertz CT molecular complexity index is 317. The van der Waals surface area contributed by atoms with E-state index in [-0.39, 0.29) is 11.0 Å². The Hall–Kier alpha value is -0.630. The second-order valence-electron chi connectivity index (χ2n) is 4.22. The normalized spacial score (nSPS) is 11.8. The van der Waals surface area contributed by atoms with Crippen molar-refractivity contribution in [1.29, 1.82) is 0 Å². The van der Waals surface area contributed by atoms with Gasteiger partial charge in [-0.25, -0.2) is 8.78 Å². The molecule has 0 aliphatic carbocycles. The van der Waals surface area contributed by atoms with E-state index < -0.39 is 11.6 Å². The fraction of sp³-hybridized carbons (Fsp3) is 0.538. The van der Waals surface area contributed by atoms with Crippen LogP contribution in [0, 0.1) is 17.0 Å². The van der Waals surface area contributed by atoms with Crippen molar-refractivity contribution in [2.24, 2.45) is 5.41 Å². The van der Waals surface area contributed by atoms with Gasteiger partial charge in [0.25, 0.3) is 0 Å². The van der Waals surface area contributed by atoms with Gasteiger partial charge in [0.15, 0.2) is 0 Å². The van der Waals surface area contributed by atoms with Crippen LogP contribution in [0.25, 0.3) is 0 Å². The maximum atomic E-state index is 13.5. The van der Waals surface area contributed by atoms with E-state index in [2.05, 4.69) is 0 Å². The van der Waals surface area contributed by atoms with Gasteiger partial charge in [-0.3, -0.25) is 0 Å². The molecule has 1 rings (SSSR count). The van der Waals surface area contributed by atoms with Gasteiger partial charge < -0.3 is 0 Å². The fourth-order valence-corrected chi connectivity index (χ4v) is 2.28. The molecule has 1 aromatic carbocycles. The number of halogens is 3. The van der Waals surface area contributed by atoms with E-state index in [9.17, 15) is 8.78 Å². The summed E-state index contributed by atoms with van der Waals surface area (Å²) in [7, 11) is 0. The smallest absolute Gasteiger partial charge is 0.129 e. The lowest BCUT2D eigenvalue weighted by molar-refractivity contribution is 0.293. The second-order valence-corrected chi connectivity index (χ2v) is 4.48. The zero-order chi connectivity index (χ0) is 12.2. The van der Waals surface area contributed by atoms with Crippen LogP contribution in [0.5, 0.6) is 0 Å². The van der Waals surface area contributed by atoms with Crippen molar-refractivity contribution < 1.29 is 8.78 Å². The van der Waals surface area contributed by atoms with Gasteiger partial charge in [-0.2, -0.15) is 0 Å². The third kappa shape index (κ3) is 2.73. The summed E-state index contributed by atoms with van der Waals surface area (Å²) in [4.78, 5) is 0. The van der Waals surface area contributed by atoms with Gasteiger partial charge in [0.2, 0.25) is 0 Å². The summed E-state index contributed by atoms with van der Waals surface area (Å²) in [6.45, 7) is 4.01. The van der Waals surface area contributed by atoms with Crippen molar-refractivity contribution in [3.05, 3.63) is 35.4 Å². The van der Waals surface area contributed by atoms with Crippen molar-refractivity contribution in [1.82, 2.24) is 0 Å². The second kappa shape index (κ2) is 5.62. The maximum Gasteiger partial charge on any atom is 0.129 e. The largest absolute Gasteiger partial charge is 0.207 e. The monoisotopic (exact) mass is 246 g/mol. The third-order valence-corrected chi connectivity index (χ3v) is 3.96. The number of hydrogen-bond donors (Lipinski definition) is 0. The van der Waals surface area contributed by atoms with Gasteiger partial charge >= 0.3 is 0 Å². The molecule has 0 aliphatic heterocycles. The van der Waals surface area contributed by atoms with E-state index in [1.54, 1.807) is 0 Å². The van der Waals surface area contributed by atoms with Gasteiger partial charge in [0, 0.05) is 11.4 Å². The molecule has 0 aromatic heterocycles. The SMILES string of the molecule is CCC(CC)(CCl)Cc1c(F)cccc1F. The van der Waals surface area contributed by atoms with Crippen LogP contribution in [0.15, 0.2) is 18.2 Å². The highest BCUT2D eigenvalue weighted by atomic mass is 35.5. The minimum Gasteiger partial charge on any atom is -0.207 e. The number of benzene rings is 1. The molecule has 0 amide bonds. The Morgan fingerprint density at radius 3 is 2.00 bits per heavy atom. The minimum atomic E-state index is -0.476. The van der Waals surface area contributed by atoms with Crippen molar-refractivity contribution in [2.75, 3.05) is 5.88 Å². The van der Waals surface area contributed by atoms with Gasteiger partial charge in [-0.05, 0) is 36.8 Å². The predicted molar refractivity (Wildman–Crippen MR) is 63.8 cm³/mol. The van der Waals surface area contributed by atoms with Gasteiger partial charge in [0.1, 0.15) is 11.6 Å². The molecule has 0 heterocycles. The quantitative estimate of drug-likeness (QED) is 0.669. The van der Waals surface area contributed by atoms with Gasteiger partial charge in [0.05, 0.1) is 0 Å². The molecule has 0 spiro atoms. The summed E-state index contributed by atoms with van der Waals surface area (Å²) >= 11 is 5.93. The van der Waals surface area contributed by atoms with Crippen LogP contribution >= 0.6 is 11.6 Å². The van der Waals surface area contributed by atoms with E-state index >= 15 is 0 Å². The first-order valence-corrected chi connectivity index (χ1v) is 6.11. The van der Waals surface area contributed by atoms with Gasteiger partial charge in [-0.15, -0.1) is 11.6 Å². The zero-order valence-corrected chi connectivity index (χ0v) is 10.5. The van der Waals surface area contributed by atoms with E-state index in [1.807, 2.05) is 13.8 Å². The van der Waals surface area contributed by atoms with Crippen molar-refractivity contribution in [3.63, 3.8) is 0 Å². The summed E-state index contributed by atoms with van der Waals surface area (Å²) in [5.74, 6) is -0.527. The highest BCUT2D eigenvalue weighted by Crippen LogP contribution is 2.33. The highest BCUT2D eigenvalue weighted by molar-refractivity contribution is 6.18. The molecule has 0 saturated heterocycles. The molecule has 0 nitrogen and oxygen atoms in total. The Balaban J connectivity index is 3.02. The molecule has 0 fully saturated rings. The first-order valence-electron chi connectivity index (χ1n) is 5.57. The molecule has 3 heteroatoms. The molecule has 16 heavy (non-hydrogen) atoms. The lowest BCUT2D eigenvalue weighted by atomic mass is 9.78. The number of rotatable bonds is 5. The van der Waals surface area contributed by atoms with Crippen LogP contribution in [0.1, 0.15) is 32.3 Å². The van der Waals surface area contributed by atoms with Crippen LogP contribution in [-0.2, 0) is 6.42 Å². The summed E-state index contributed by atoms with van der Waals surface area (Å²) in [6.07, 6.45) is 2.00. The van der Waals surface area contributed by atoms with Crippen molar-refractivity contribution in [2.45, 2.75) is 33.1 Å². The Labute approximate surface area is 101 Å². The van der Waals surface area contributed by atoms with E-state index in [1.165, 1.54) is 18.2 Å². The van der Waals surface area contributed by atoms with Crippen LogP contribution in [-0.4, -0.2) is 5.88 Å². The molecule has 90 valence electrons. The maximum absolute atomic E-state index is 13.5. The minimum absolute atomic E-state index is 0.159. The topological polar surface area (TPSA) is 0 Å². The molecule has 0 unspecified atom stereocenters. The molecule has 0 saturated carbocycles. The van der Waals surface area contributed by atoms with Crippen LogP contribution in [0.3, 0.4) is 0 Å². The zero-order valence-electron chi connectivity index (χ0n) is 9.69. The standard InChI is InChI=1S/C13H17ClF2/c1-3-13(4-2,9-14)8-10-11(15)6-5-7-12(10)16/h5-7H,3-4,8-9H2,1-2H3. The van der Waals surface area contributed by atoms with Crippen LogP contribution < -0.4 is 0 Å². The summed E-state index contributed by atoms with van der Waals surface area (Å²) in [5.41, 5.74) is -0.0447. The Morgan fingerprint density at radius 1 is 1.12 bits per heavy atom. The van der Waals surface area contributed by atoms with Crippen LogP contribution in [0.4, 0.5) is 8.78 Å². The number of hydrogen-bond acceptors (Lipinski definition) is 0. The Kier molecular flexibility index (Phi) is 4.72. The fourth-order valence-electron chi connectivity index (χ4n) is 1.81. The third-order valence-electron chi connectivity index (χ3n) is 3.40. The Morgan fingerprint density at radius 2 is 1.62 bits per heavy atom. The molecule has 0 N–H and O–H groups in total. The first kappa shape index (κ1) is 13.4. The predicted octanol–water partition coefficient (Wildman–Crippen LogP) is 4.55. The molecular weight excluding hydrogens is 230 g/mol. The average Bonchev–Trinajstić information content (AvgIpc) is 2.30. The van der Waals surface area contributed by atoms with Gasteiger partial charge in [-0.1, -0.05) is 19.9 Å². The highest BCUT2D eigenvalue weighted by Gasteiger charge is 2.28. The van der Waals surface area contributed by atoms with Crippen molar-refractivity contribution >= 4 is 11.6 Å². The molecule has 1 aromatic rings. The molecule has 0 radical (unpaired) electrons. The summed E-state index contributed by atoms with van der Waals surface area (Å²) in [5, 5.41) is 0. The lowest BCUT2D eigenvalue weighted by Crippen LogP contribution is -2.25. The van der Waals surface area contributed by atoms with Crippen LogP contribution in [0.2, 0.25) is 0 Å². The lowest BCUT2D eigenvalue weighted by Gasteiger charge is -2.29. The molecule has 0 atom stereocenters. The summed E-state index contributed by atoms with van der Waals surface area (Å²) in [6, 6.07) is 3.97. The van der Waals surface area contributed by atoms with E-state index in [0.29, 0.717) is 12.3 Å². The number of alkyl halides is 1. The molecule has 0 aliphatic rings. The summed E-state index contributed by atoms with van der Waals surface area (Å²) < 4.78 is 27.0. The first-order chi connectivity index (χ1) is 7.58. The van der Waals surface area contributed by atoms with Crippen molar-refractivity contribution in [3.8, 4) is 0 Å². The average molecular weight is 247 g/mol. The van der Waals surface area contributed by atoms with E-state index in [4.69, 9.17) is 11.6 Å². The molecule has 0 bridgehead atoms. The van der Waals surface area contributed by atoms with E-state index in [0.717, 1.165) is 12.8 Å². The molecular formula is C13H17ClF2.